The molecule has 0 fully saturated rings. The van der Waals surface area contributed by atoms with Crippen LogP contribution in [0.25, 0.3) is 11.0 Å². The first-order valence-corrected chi connectivity index (χ1v) is 13.5. The molecule has 6 heteroatoms. The Morgan fingerprint density at radius 2 is 1.55 bits per heavy atom. The molecular weight excluding hydrogens is 474 g/mol. The minimum absolute atomic E-state index is 0.0385. The molecule has 0 unspecified atom stereocenters. The van der Waals surface area contributed by atoms with Crippen LogP contribution in [0.3, 0.4) is 0 Å². The number of ether oxygens (including phenoxy) is 2. The molecule has 3 aromatic carbocycles. The largest absolute Gasteiger partial charge is 0.492 e. The predicted molar refractivity (Wildman–Crippen MR) is 153 cm³/mol. The maximum Gasteiger partial charge on any atom is 0.257 e. The van der Waals surface area contributed by atoms with Crippen LogP contribution in [0.15, 0.2) is 78.9 Å². The van der Waals surface area contributed by atoms with Gasteiger partial charge in [-0.2, -0.15) is 0 Å². The van der Waals surface area contributed by atoms with Gasteiger partial charge in [0.25, 0.3) is 5.91 Å². The molecule has 0 aliphatic rings. The van der Waals surface area contributed by atoms with E-state index in [0.29, 0.717) is 18.9 Å². The quantitative estimate of drug-likeness (QED) is 0.213. The summed E-state index contributed by atoms with van der Waals surface area (Å²) >= 11 is 0. The van der Waals surface area contributed by atoms with Crippen LogP contribution in [0.1, 0.15) is 51.4 Å². The summed E-state index contributed by atoms with van der Waals surface area (Å²) in [6, 6.07) is 26.1. The van der Waals surface area contributed by atoms with E-state index in [4.69, 9.17) is 14.5 Å². The lowest BCUT2D eigenvalue weighted by molar-refractivity contribution is -0.123. The summed E-state index contributed by atoms with van der Waals surface area (Å²) in [4.78, 5) is 16.9. The van der Waals surface area contributed by atoms with E-state index in [-0.39, 0.29) is 17.9 Å². The molecule has 1 N–H and O–H groups in total. The fourth-order valence-corrected chi connectivity index (χ4v) is 4.40. The Kier molecular flexibility index (Phi) is 9.41. The highest BCUT2D eigenvalue weighted by molar-refractivity contribution is 5.77. The average Bonchev–Trinajstić information content (AvgIpc) is 3.27. The lowest BCUT2D eigenvalue weighted by atomic mass is 9.87. The zero-order chi connectivity index (χ0) is 26.8. The third-order valence-electron chi connectivity index (χ3n) is 6.55. The molecule has 0 radical (unpaired) electrons. The Bertz CT molecular complexity index is 1290. The van der Waals surface area contributed by atoms with E-state index in [1.54, 1.807) is 0 Å². The number of rotatable bonds is 13. The molecule has 0 atom stereocenters. The molecule has 6 nitrogen and oxygen atoms in total. The predicted octanol–water partition coefficient (Wildman–Crippen LogP) is 6.32. The summed E-state index contributed by atoms with van der Waals surface area (Å²) in [6.07, 6.45) is 3.83. The maximum absolute atomic E-state index is 12.0. The van der Waals surface area contributed by atoms with Gasteiger partial charge < -0.3 is 19.4 Å². The van der Waals surface area contributed by atoms with Crippen molar-refractivity contribution in [3.05, 3.63) is 90.3 Å². The number of fused-ring (bicyclic) bond motifs is 1. The number of benzene rings is 3. The number of unbranched alkanes of at least 4 members (excludes halogenated alkanes) is 2. The zero-order valence-electron chi connectivity index (χ0n) is 22.8. The first kappa shape index (κ1) is 27.2. The van der Waals surface area contributed by atoms with Crippen molar-refractivity contribution in [1.82, 2.24) is 14.9 Å². The molecule has 200 valence electrons. The van der Waals surface area contributed by atoms with Crippen molar-refractivity contribution < 1.29 is 14.3 Å². The van der Waals surface area contributed by atoms with Gasteiger partial charge in [-0.25, -0.2) is 4.98 Å². The summed E-state index contributed by atoms with van der Waals surface area (Å²) in [5, 5.41) is 2.94. The normalized spacial score (nSPS) is 11.4. The number of aryl methyl sites for hydroxylation is 1. The first-order chi connectivity index (χ1) is 18.4. The Hall–Kier alpha value is -3.80. The van der Waals surface area contributed by atoms with E-state index in [0.717, 1.165) is 54.8 Å². The van der Waals surface area contributed by atoms with Gasteiger partial charge in [-0.1, -0.05) is 69.7 Å². The van der Waals surface area contributed by atoms with Crippen LogP contribution in [0.2, 0.25) is 0 Å². The van der Waals surface area contributed by atoms with Crippen LogP contribution >= 0.6 is 0 Å². The van der Waals surface area contributed by atoms with Gasteiger partial charge in [-0.15, -0.1) is 0 Å². The van der Waals surface area contributed by atoms with Crippen LogP contribution < -0.4 is 14.8 Å². The van der Waals surface area contributed by atoms with Crippen molar-refractivity contribution in [2.45, 2.75) is 58.4 Å². The standard InChI is InChI=1S/C32H39N3O3/c1-32(2,3)25-17-19-27(20-18-25)37-23-22-35-29-15-10-9-14-28(29)34-30(35)16-8-5-11-21-33-31(36)24-38-26-12-6-4-7-13-26/h4,6-7,9-10,12-15,17-20H,5,8,11,16,21-24H2,1-3H3,(H,33,36). The van der Waals surface area contributed by atoms with Gasteiger partial charge >= 0.3 is 0 Å². The number of hydrogen-bond acceptors (Lipinski definition) is 4. The van der Waals surface area contributed by atoms with Crippen molar-refractivity contribution in [2.24, 2.45) is 0 Å². The summed E-state index contributed by atoms with van der Waals surface area (Å²) in [6.45, 7) is 8.66. The Morgan fingerprint density at radius 1 is 0.842 bits per heavy atom. The molecule has 38 heavy (non-hydrogen) atoms. The minimum atomic E-state index is -0.0938. The fourth-order valence-electron chi connectivity index (χ4n) is 4.40. The van der Waals surface area contributed by atoms with Crippen LogP contribution in [-0.4, -0.2) is 35.2 Å². The van der Waals surface area contributed by atoms with E-state index >= 15 is 0 Å². The number of carbonyl (C=O) groups excluding carboxylic acids is 1. The zero-order valence-corrected chi connectivity index (χ0v) is 22.8. The molecule has 1 aromatic heterocycles. The van der Waals surface area contributed by atoms with Gasteiger partial charge in [0.05, 0.1) is 17.6 Å². The molecule has 4 rings (SSSR count). The molecule has 4 aromatic rings. The Balaban J connectivity index is 1.22. The minimum Gasteiger partial charge on any atom is -0.492 e. The highest BCUT2D eigenvalue weighted by atomic mass is 16.5. The van der Waals surface area contributed by atoms with Gasteiger partial charge in [0.15, 0.2) is 6.61 Å². The van der Waals surface area contributed by atoms with Gasteiger partial charge in [-0.05, 0) is 60.2 Å². The molecule has 0 aliphatic carbocycles. The third-order valence-corrected chi connectivity index (χ3v) is 6.55. The summed E-state index contributed by atoms with van der Waals surface area (Å²) in [5.74, 6) is 2.58. The van der Waals surface area contributed by atoms with E-state index in [9.17, 15) is 4.79 Å². The second-order valence-corrected chi connectivity index (χ2v) is 10.6. The monoisotopic (exact) mass is 513 g/mol. The van der Waals surface area contributed by atoms with E-state index < -0.39 is 0 Å². The van der Waals surface area contributed by atoms with Gasteiger partial charge in [0.2, 0.25) is 0 Å². The topological polar surface area (TPSA) is 65.4 Å². The van der Waals surface area contributed by atoms with Crippen LogP contribution in [0, 0.1) is 0 Å². The molecule has 0 spiro atoms. The average molecular weight is 514 g/mol. The second-order valence-electron chi connectivity index (χ2n) is 10.6. The van der Waals surface area contributed by atoms with Gasteiger partial charge in [0, 0.05) is 13.0 Å². The number of para-hydroxylation sites is 3. The number of hydrogen-bond donors (Lipinski definition) is 1. The van der Waals surface area contributed by atoms with Crippen molar-refractivity contribution >= 4 is 16.9 Å². The van der Waals surface area contributed by atoms with Gasteiger partial charge in [0.1, 0.15) is 23.9 Å². The summed E-state index contributed by atoms with van der Waals surface area (Å²) < 4.78 is 13.9. The van der Waals surface area contributed by atoms with E-state index in [1.165, 1.54) is 5.56 Å². The molecule has 0 saturated carbocycles. The molecule has 0 bridgehead atoms. The lowest BCUT2D eigenvalue weighted by Crippen LogP contribution is -2.29. The van der Waals surface area contributed by atoms with E-state index in [1.807, 2.05) is 36.4 Å². The van der Waals surface area contributed by atoms with Crippen molar-refractivity contribution in [1.29, 1.82) is 0 Å². The fraction of sp³-hybridized carbons (Fsp3) is 0.375. The molecule has 1 amide bonds. The number of aromatic nitrogens is 2. The molecular formula is C32H39N3O3. The smallest absolute Gasteiger partial charge is 0.257 e. The highest BCUT2D eigenvalue weighted by Gasteiger charge is 2.14. The SMILES string of the molecule is CC(C)(C)c1ccc(OCCn2c(CCCCCNC(=O)COc3ccccc3)nc3ccccc32)cc1. The lowest BCUT2D eigenvalue weighted by Gasteiger charge is -2.19. The van der Waals surface area contributed by atoms with Crippen molar-refractivity contribution in [2.75, 3.05) is 19.8 Å². The van der Waals surface area contributed by atoms with Gasteiger partial charge in [-0.3, -0.25) is 4.79 Å². The number of carbonyl (C=O) groups is 1. The first-order valence-electron chi connectivity index (χ1n) is 13.5. The number of amides is 1. The van der Waals surface area contributed by atoms with Crippen LogP contribution in [0.5, 0.6) is 11.5 Å². The maximum atomic E-state index is 12.0. The van der Waals surface area contributed by atoms with E-state index in [2.05, 4.69) is 73.1 Å². The van der Waals surface area contributed by atoms with Crippen LogP contribution in [0.4, 0.5) is 0 Å². The summed E-state index contributed by atoms with van der Waals surface area (Å²) in [5.41, 5.74) is 3.58. The number of nitrogens with one attached hydrogen (secondary N) is 1. The third kappa shape index (κ3) is 7.85. The highest BCUT2D eigenvalue weighted by Crippen LogP contribution is 2.24. The van der Waals surface area contributed by atoms with Crippen molar-refractivity contribution in [3.63, 3.8) is 0 Å². The molecule has 0 saturated heterocycles. The Labute approximate surface area is 226 Å². The Morgan fingerprint density at radius 3 is 2.32 bits per heavy atom. The molecule has 1 heterocycles. The summed E-state index contributed by atoms with van der Waals surface area (Å²) in [7, 11) is 0. The molecule has 0 aliphatic heterocycles. The second kappa shape index (κ2) is 13.1. The van der Waals surface area contributed by atoms with Crippen molar-refractivity contribution in [3.8, 4) is 11.5 Å². The number of nitrogens with zero attached hydrogens (tertiary/aromatic N) is 2. The number of imidazole rings is 1. The van der Waals surface area contributed by atoms with Crippen LogP contribution in [-0.2, 0) is 23.2 Å².